The molecule has 0 radical (unpaired) electrons. The molecule has 168 valence electrons. The van der Waals surface area contributed by atoms with Gasteiger partial charge in [0.1, 0.15) is 6.61 Å². The normalized spacial score (nSPS) is 10.8. The molecular formula is C24H20ClFN4O2S. The fraction of sp³-hybridized carbons (Fsp3) is 0.125. The van der Waals surface area contributed by atoms with E-state index in [0.717, 1.165) is 11.3 Å². The van der Waals surface area contributed by atoms with Crippen molar-refractivity contribution in [2.75, 3.05) is 11.1 Å². The number of nitrogens with zero attached hydrogens (tertiary/aromatic N) is 3. The summed E-state index contributed by atoms with van der Waals surface area (Å²) >= 11 is 7.37. The minimum absolute atomic E-state index is 0.0112. The molecule has 4 aromatic rings. The van der Waals surface area contributed by atoms with Crippen molar-refractivity contribution in [1.82, 2.24) is 14.8 Å². The molecule has 1 heterocycles. The number of anilines is 1. The Bertz CT molecular complexity index is 1270. The Morgan fingerprint density at radius 1 is 1.06 bits per heavy atom. The van der Waals surface area contributed by atoms with Crippen LogP contribution in [0.25, 0.3) is 5.69 Å². The standard InChI is InChI=1S/C24H20ClFN4O2S/c1-16-18(25)10-7-12-20(16)27-23(31)15-33-24-29-28-22(30(24)17-8-3-2-4-9-17)14-32-21-13-6-5-11-19(21)26/h2-13H,14-15H2,1H3,(H,27,31). The number of halogens is 2. The van der Waals surface area contributed by atoms with Gasteiger partial charge in [-0.05, 0) is 48.9 Å². The number of ether oxygens (including phenoxy) is 1. The van der Waals surface area contributed by atoms with Crippen molar-refractivity contribution in [1.29, 1.82) is 0 Å². The lowest BCUT2D eigenvalue weighted by atomic mass is 10.2. The molecule has 9 heteroatoms. The second kappa shape index (κ2) is 10.5. The maximum Gasteiger partial charge on any atom is 0.234 e. The van der Waals surface area contributed by atoms with Gasteiger partial charge in [0, 0.05) is 16.4 Å². The molecule has 1 amide bonds. The number of aromatic nitrogens is 3. The van der Waals surface area contributed by atoms with E-state index in [9.17, 15) is 9.18 Å². The average molecular weight is 483 g/mol. The van der Waals surface area contributed by atoms with Gasteiger partial charge >= 0.3 is 0 Å². The number of amides is 1. The van der Waals surface area contributed by atoms with Crippen LogP contribution in [0.15, 0.2) is 78.0 Å². The number of rotatable bonds is 8. The Labute approximate surface area is 199 Å². The van der Waals surface area contributed by atoms with Gasteiger partial charge in [0.05, 0.1) is 5.75 Å². The number of benzene rings is 3. The molecule has 33 heavy (non-hydrogen) atoms. The van der Waals surface area contributed by atoms with Crippen molar-refractivity contribution in [3.8, 4) is 11.4 Å². The lowest BCUT2D eigenvalue weighted by Gasteiger charge is -2.12. The third-order valence-corrected chi connectivity index (χ3v) is 6.12. The van der Waals surface area contributed by atoms with Gasteiger partial charge in [0.25, 0.3) is 0 Å². The smallest absolute Gasteiger partial charge is 0.234 e. The van der Waals surface area contributed by atoms with E-state index in [0.29, 0.717) is 21.7 Å². The van der Waals surface area contributed by atoms with Crippen molar-refractivity contribution in [2.24, 2.45) is 0 Å². The molecule has 0 aliphatic carbocycles. The van der Waals surface area contributed by atoms with E-state index in [4.69, 9.17) is 16.3 Å². The highest BCUT2D eigenvalue weighted by Gasteiger charge is 2.17. The summed E-state index contributed by atoms with van der Waals surface area (Å²) in [6.45, 7) is 1.86. The molecule has 1 N–H and O–H groups in total. The van der Waals surface area contributed by atoms with Crippen LogP contribution in [-0.4, -0.2) is 26.4 Å². The van der Waals surface area contributed by atoms with Gasteiger partial charge in [0.15, 0.2) is 22.5 Å². The first-order valence-electron chi connectivity index (χ1n) is 10.1. The Morgan fingerprint density at radius 2 is 1.82 bits per heavy atom. The van der Waals surface area contributed by atoms with Gasteiger partial charge in [0.2, 0.25) is 5.91 Å². The van der Waals surface area contributed by atoms with Crippen LogP contribution in [0.1, 0.15) is 11.4 Å². The fourth-order valence-corrected chi connectivity index (χ4v) is 4.03. The van der Waals surface area contributed by atoms with Gasteiger partial charge in [-0.2, -0.15) is 0 Å². The first-order chi connectivity index (χ1) is 16.0. The number of thioether (sulfide) groups is 1. The van der Waals surface area contributed by atoms with E-state index in [2.05, 4.69) is 15.5 Å². The van der Waals surface area contributed by atoms with Crippen LogP contribution in [-0.2, 0) is 11.4 Å². The van der Waals surface area contributed by atoms with Gasteiger partial charge < -0.3 is 10.1 Å². The molecule has 6 nitrogen and oxygen atoms in total. The molecule has 0 aliphatic rings. The van der Waals surface area contributed by atoms with Crippen LogP contribution >= 0.6 is 23.4 Å². The van der Waals surface area contributed by atoms with Gasteiger partial charge in [-0.3, -0.25) is 9.36 Å². The van der Waals surface area contributed by atoms with E-state index in [1.54, 1.807) is 41.0 Å². The Balaban J connectivity index is 1.51. The third kappa shape index (κ3) is 5.53. The molecule has 3 aromatic carbocycles. The number of hydrogen-bond acceptors (Lipinski definition) is 5. The second-order valence-corrected chi connectivity index (χ2v) is 8.39. The summed E-state index contributed by atoms with van der Waals surface area (Å²) in [5.41, 5.74) is 2.28. The predicted molar refractivity (Wildman–Crippen MR) is 128 cm³/mol. The average Bonchev–Trinajstić information content (AvgIpc) is 3.23. The van der Waals surface area contributed by atoms with E-state index >= 15 is 0 Å². The number of carbonyl (C=O) groups is 1. The Hall–Kier alpha value is -3.36. The zero-order valence-electron chi connectivity index (χ0n) is 17.7. The molecule has 0 spiro atoms. The third-order valence-electron chi connectivity index (χ3n) is 4.78. The maximum absolute atomic E-state index is 13.9. The fourth-order valence-electron chi connectivity index (χ4n) is 3.09. The topological polar surface area (TPSA) is 69.0 Å². The van der Waals surface area contributed by atoms with Crippen molar-refractivity contribution in [3.63, 3.8) is 0 Å². The Kier molecular flexibility index (Phi) is 7.26. The second-order valence-electron chi connectivity index (χ2n) is 7.04. The van der Waals surface area contributed by atoms with Crippen LogP contribution < -0.4 is 10.1 Å². The molecule has 0 saturated heterocycles. The van der Waals surface area contributed by atoms with Gasteiger partial charge in [-0.1, -0.05) is 59.8 Å². The maximum atomic E-state index is 13.9. The molecular weight excluding hydrogens is 463 g/mol. The van der Waals surface area contributed by atoms with E-state index in [1.165, 1.54) is 17.8 Å². The SMILES string of the molecule is Cc1c(Cl)cccc1NC(=O)CSc1nnc(COc2ccccc2F)n1-c1ccccc1. The minimum Gasteiger partial charge on any atom is -0.483 e. The summed E-state index contributed by atoms with van der Waals surface area (Å²) in [7, 11) is 0. The summed E-state index contributed by atoms with van der Waals surface area (Å²) < 4.78 is 21.4. The zero-order chi connectivity index (χ0) is 23.2. The van der Waals surface area contributed by atoms with Crippen LogP contribution in [0.4, 0.5) is 10.1 Å². The predicted octanol–water partition coefficient (Wildman–Crippen LogP) is 5.68. The first kappa shape index (κ1) is 22.8. The van der Waals surface area contributed by atoms with Crippen molar-refractivity contribution in [3.05, 3.63) is 95.0 Å². The van der Waals surface area contributed by atoms with Crippen molar-refractivity contribution in [2.45, 2.75) is 18.7 Å². The molecule has 0 aliphatic heterocycles. The number of nitrogens with one attached hydrogen (secondary N) is 1. The van der Waals surface area contributed by atoms with E-state index in [-0.39, 0.29) is 24.0 Å². The summed E-state index contributed by atoms with van der Waals surface area (Å²) in [5, 5.41) is 12.4. The molecule has 4 rings (SSSR count). The number of carbonyl (C=O) groups excluding carboxylic acids is 1. The summed E-state index contributed by atoms with van der Waals surface area (Å²) in [5.74, 6) is 0.0806. The molecule has 0 unspecified atom stereocenters. The molecule has 0 fully saturated rings. The molecule has 0 bridgehead atoms. The summed E-state index contributed by atoms with van der Waals surface area (Å²) in [6, 6.07) is 21.0. The van der Waals surface area contributed by atoms with Gasteiger partial charge in [-0.25, -0.2) is 4.39 Å². The highest BCUT2D eigenvalue weighted by atomic mass is 35.5. The molecule has 0 atom stereocenters. The summed E-state index contributed by atoms with van der Waals surface area (Å²) in [6.07, 6.45) is 0. The highest BCUT2D eigenvalue weighted by molar-refractivity contribution is 7.99. The number of hydrogen-bond donors (Lipinski definition) is 1. The van der Waals surface area contributed by atoms with Crippen LogP contribution in [0, 0.1) is 12.7 Å². The van der Waals surface area contributed by atoms with Crippen molar-refractivity contribution < 1.29 is 13.9 Å². The van der Waals surface area contributed by atoms with Gasteiger partial charge in [-0.15, -0.1) is 10.2 Å². The molecule has 0 saturated carbocycles. The summed E-state index contributed by atoms with van der Waals surface area (Å²) in [4.78, 5) is 12.6. The largest absolute Gasteiger partial charge is 0.483 e. The highest BCUT2D eigenvalue weighted by Crippen LogP contribution is 2.26. The van der Waals surface area contributed by atoms with E-state index < -0.39 is 5.82 Å². The van der Waals surface area contributed by atoms with Crippen LogP contribution in [0.5, 0.6) is 5.75 Å². The number of para-hydroxylation sites is 2. The van der Waals surface area contributed by atoms with Crippen LogP contribution in [0.3, 0.4) is 0 Å². The minimum atomic E-state index is -0.453. The van der Waals surface area contributed by atoms with E-state index in [1.807, 2.05) is 37.3 Å². The Morgan fingerprint density at radius 3 is 2.61 bits per heavy atom. The monoisotopic (exact) mass is 482 g/mol. The molecule has 1 aromatic heterocycles. The zero-order valence-corrected chi connectivity index (χ0v) is 19.2. The first-order valence-corrected chi connectivity index (χ1v) is 11.4. The lowest BCUT2D eigenvalue weighted by molar-refractivity contribution is -0.113. The quantitative estimate of drug-likeness (QED) is 0.327. The van der Waals surface area contributed by atoms with Crippen LogP contribution in [0.2, 0.25) is 5.02 Å². The lowest BCUT2D eigenvalue weighted by Crippen LogP contribution is -2.15. The van der Waals surface area contributed by atoms with Crippen molar-refractivity contribution >= 4 is 35.0 Å².